The number of hydrogen-bond acceptors (Lipinski definition) is 6. The number of hydrogen-bond donors (Lipinski definition) is 3. The number of rotatable bonds is 3. The maximum atomic E-state index is 13.3. The van der Waals surface area contributed by atoms with Crippen molar-refractivity contribution in [3.8, 4) is 11.1 Å². The van der Waals surface area contributed by atoms with E-state index in [4.69, 9.17) is 11.5 Å². The summed E-state index contributed by atoms with van der Waals surface area (Å²) < 4.78 is 0. The fraction of sp³-hybridized carbons (Fsp3) is 0.216. The molecule has 0 amide bonds. The van der Waals surface area contributed by atoms with Crippen LogP contribution in [0.2, 0.25) is 0 Å². The molecule has 43 heavy (non-hydrogen) atoms. The molecule has 5 N–H and O–H groups in total. The van der Waals surface area contributed by atoms with Crippen molar-refractivity contribution < 1.29 is 9.59 Å². The second kappa shape index (κ2) is 11.6. The molecule has 6 nitrogen and oxygen atoms in total. The molecule has 0 radical (unpaired) electrons. The van der Waals surface area contributed by atoms with E-state index in [1.807, 2.05) is 48.7 Å². The lowest BCUT2D eigenvalue weighted by Crippen LogP contribution is -2.54. The molecule has 4 unspecified atom stereocenters. The average Bonchev–Trinajstić information content (AvgIpc) is 3.28. The van der Waals surface area contributed by atoms with Crippen molar-refractivity contribution in [1.29, 1.82) is 0 Å². The zero-order chi connectivity index (χ0) is 30.1. The van der Waals surface area contributed by atoms with E-state index in [0.29, 0.717) is 6.42 Å². The van der Waals surface area contributed by atoms with Crippen molar-refractivity contribution >= 4 is 29.2 Å². The van der Waals surface area contributed by atoms with Gasteiger partial charge in [0.05, 0.1) is 28.9 Å². The first-order chi connectivity index (χ1) is 20.8. The zero-order valence-electron chi connectivity index (χ0n) is 24.5. The minimum atomic E-state index is -1.23. The van der Waals surface area contributed by atoms with Gasteiger partial charge in [-0.15, -0.1) is 0 Å². The average molecular weight is 569 g/mol. The summed E-state index contributed by atoms with van der Waals surface area (Å²) >= 11 is 0. The highest BCUT2D eigenvalue weighted by Gasteiger charge is 2.47. The molecule has 4 aromatic rings. The Labute approximate surface area is 252 Å². The van der Waals surface area contributed by atoms with E-state index in [1.54, 1.807) is 20.1 Å². The van der Waals surface area contributed by atoms with Gasteiger partial charge in [-0.05, 0) is 83.8 Å². The standard InChI is InChI=1S/C28H28N2O2.C9H8N2/c1-16(29)26(31)23-15-22-24(28(2,30)27(23)32)13-12-20-19-11-7-6-10-18(19)14-21(25(20)22)17-8-4-3-5-9-17;1-2-5-9-8(4-1)10-6-3-7-11-9/h3-13,16,21,23H,14-15,29-30H2,1-2H3;1-7,10H. The molecule has 1 heterocycles. The molecular formula is C37H36N4O2. The van der Waals surface area contributed by atoms with Gasteiger partial charge in [0.2, 0.25) is 0 Å². The van der Waals surface area contributed by atoms with Crippen molar-refractivity contribution in [2.45, 2.75) is 44.2 Å². The number of ketones is 2. The molecule has 0 bridgehead atoms. The van der Waals surface area contributed by atoms with Crippen molar-refractivity contribution in [1.82, 2.24) is 0 Å². The third-order valence-corrected chi connectivity index (χ3v) is 8.77. The quantitative estimate of drug-likeness (QED) is 0.255. The van der Waals surface area contributed by atoms with Crippen LogP contribution in [0.1, 0.15) is 47.6 Å². The van der Waals surface area contributed by atoms with Gasteiger partial charge in [-0.25, -0.2) is 0 Å². The summed E-state index contributed by atoms with van der Waals surface area (Å²) in [4.78, 5) is 30.4. The lowest BCUT2D eigenvalue weighted by Gasteiger charge is -2.40. The Morgan fingerprint density at radius 3 is 2.44 bits per heavy atom. The third kappa shape index (κ3) is 5.24. The largest absolute Gasteiger partial charge is 0.360 e. The van der Waals surface area contributed by atoms with Gasteiger partial charge in [0.1, 0.15) is 0 Å². The molecule has 0 spiro atoms. The van der Waals surface area contributed by atoms with E-state index in [0.717, 1.165) is 34.5 Å². The number of carbonyl (C=O) groups is 2. The number of carbonyl (C=O) groups excluding carboxylic acids is 2. The molecule has 3 aliphatic rings. The predicted molar refractivity (Wildman–Crippen MR) is 174 cm³/mol. The Morgan fingerprint density at radius 2 is 1.65 bits per heavy atom. The maximum Gasteiger partial charge on any atom is 0.167 e. The lowest BCUT2D eigenvalue weighted by atomic mass is 9.64. The third-order valence-electron chi connectivity index (χ3n) is 8.77. The number of nitrogens with two attached hydrogens (primary N) is 2. The molecule has 216 valence electrons. The summed E-state index contributed by atoms with van der Waals surface area (Å²) in [6.45, 7) is 3.37. The van der Waals surface area contributed by atoms with Gasteiger partial charge in [-0.2, -0.15) is 0 Å². The van der Waals surface area contributed by atoms with Crippen LogP contribution in [0.5, 0.6) is 0 Å². The Kier molecular flexibility index (Phi) is 7.65. The molecule has 0 saturated carbocycles. The highest BCUT2D eigenvalue weighted by molar-refractivity contribution is 6.10. The normalized spacial score (nSPS) is 21.9. The van der Waals surface area contributed by atoms with E-state index in [1.165, 1.54) is 22.3 Å². The van der Waals surface area contributed by atoms with Crippen molar-refractivity contribution in [2.75, 3.05) is 5.32 Å². The first kappa shape index (κ1) is 28.5. The Balaban J connectivity index is 0.000000250. The fourth-order valence-corrected chi connectivity index (χ4v) is 6.61. The molecule has 4 aromatic carbocycles. The second-order valence-corrected chi connectivity index (χ2v) is 11.7. The van der Waals surface area contributed by atoms with Crippen LogP contribution in [0.3, 0.4) is 0 Å². The van der Waals surface area contributed by atoms with Crippen molar-refractivity contribution in [3.05, 3.63) is 131 Å². The molecule has 1 aliphatic heterocycles. The predicted octanol–water partition coefficient (Wildman–Crippen LogP) is 6.20. The van der Waals surface area contributed by atoms with Crippen LogP contribution in [0.15, 0.2) is 108 Å². The van der Waals surface area contributed by atoms with Crippen LogP contribution in [0.4, 0.5) is 11.4 Å². The molecule has 6 heteroatoms. The SMILES string of the molecule is C1=CNc2ccccc2N=C1.CC(N)C(=O)C1Cc2c(ccc3c2C(c2ccccc2)Cc2ccccc2-3)C(C)(N)C1=O. The molecule has 0 fully saturated rings. The van der Waals surface area contributed by atoms with E-state index in [-0.39, 0.29) is 17.5 Å². The smallest absolute Gasteiger partial charge is 0.167 e. The number of benzene rings is 4. The van der Waals surface area contributed by atoms with Gasteiger partial charge in [0.15, 0.2) is 11.6 Å². The van der Waals surface area contributed by atoms with Crippen molar-refractivity contribution in [3.63, 3.8) is 0 Å². The summed E-state index contributed by atoms with van der Waals surface area (Å²) in [6, 6.07) is 30.3. The van der Waals surface area contributed by atoms with Gasteiger partial charge in [0.25, 0.3) is 0 Å². The second-order valence-electron chi connectivity index (χ2n) is 11.7. The number of Topliss-reactive ketones (excluding diaryl/α,β-unsaturated/α-hetero) is 2. The molecular weight excluding hydrogens is 532 g/mol. The van der Waals surface area contributed by atoms with Gasteiger partial charge < -0.3 is 16.8 Å². The van der Waals surface area contributed by atoms with Gasteiger partial charge in [-0.3, -0.25) is 14.6 Å². The number of para-hydroxylation sites is 2. The molecule has 0 saturated heterocycles. The molecule has 0 aromatic heterocycles. The van der Waals surface area contributed by atoms with Gasteiger partial charge in [0, 0.05) is 18.3 Å². The summed E-state index contributed by atoms with van der Waals surface area (Å²) in [5.41, 5.74) is 21.3. The minimum absolute atomic E-state index is 0.131. The van der Waals surface area contributed by atoms with E-state index in [9.17, 15) is 9.59 Å². The number of anilines is 1. The Bertz CT molecular complexity index is 1750. The number of nitrogens with one attached hydrogen (secondary N) is 1. The maximum absolute atomic E-state index is 13.3. The van der Waals surface area contributed by atoms with Crippen LogP contribution in [-0.4, -0.2) is 23.8 Å². The Hall–Kier alpha value is -4.65. The van der Waals surface area contributed by atoms with Crippen LogP contribution in [-0.2, 0) is 28.0 Å². The van der Waals surface area contributed by atoms with Gasteiger partial charge >= 0.3 is 0 Å². The molecule has 2 aliphatic carbocycles. The van der Waals surface area contributed by atoms with Crippen LogP contribution in [0, 0.1) is 5.92 Å². The summed E-state index contributed by atoms with van der Waals surface area (Å²) in [5, 5.41) is 3.12. The highest BCUT2D eigenvalue weighted by atomic mass is 16.2. The zero-order valence-corrected chi connectivity index (χ0v) is 24.5. The van der Waals surface area contributed by atoms with E-state index < -0.39 is 17.5 Å². The first-order valence-corrected chi connectivity index (χ1v) is 14.7. The van der Waals surface area contributed by atoms with Crippen LogP contribution < -0.4 is 16.8 Å². The lowest BCUT2D eigenvalue weighted by molar-refractivity contribution is -0.137. The minimum Gasteiger partial charge on any atom is -0.360 e. The van der Waals surface area contributed by atoms with E-state index in [2.05, 4.69) is 64.9 Å². The van der Waals surface area contributed by atoms with Crippen molar-refractivity contribution in [2.24, 2.45) is 22.4 Å². The van der Waals surface area contributed by atoms with Crippen LogP contribution in [0.25, 0.3) is 11.1 Å². The first-order valence-electron chi connectivity index (χ1n) is 14.7. The summed E-state index contributed by atoms with van der Waals surface area (Å²) in [5.74, 6) is -1.15. The number of fused-ring (bicyclic) bond motifs is 6. The van der Waals surface area contributed by atoms with Crippen LogP contribution >= 0.6 is 0 Å². The summed E-state index contributed by atoms with van der Waals surface area (Å²) in [7, 11) is 0. The number of allylic oxidation sites excluding steroid dienone is 1. The Morgan fingerprint density at radius 1 is 0.930 bits per heavy atom. The number of nitrogens with zero attached hydrogens (tertiary/aromatic N) is 1. The summed E-state index contributed by atoms with van der Waals surface area (Å²) in [6.07, 6.45) is 6.74. The molecule has 7 rings (SSSR count). The van der Waals surface area contributed by atoms with E-state index >= 15 is 0 Å². The highest BCUT2D eigenvalue weighted by Crippen LogP contribution is 2.48. The fourth-order valence-electron chi connectivity index (χ4n) is 6.61. The monoisotopic (exact) mass is 568 g/mol. The number of aliphatic imine (C=N–C) groups is 1. The topological polar surface area (TPSA) is 111 Å². The molecule has 4 atom stereocenters. The van der Waals surface area contributed by atoms with Gasteiger partial charge in [-0.1, -0.05) is 78.9 Å².